The third-order valence-electron chi connectivity index (χ3n) is 15.7. The molecule has 0 radical (unpaired) electrons. The fourth-order valence-electron chi connectivity index (χ4n) is 10.5. The van der Waals surface area contributed by atoms with E-state index in [1.165, 1.54) is 270 Å². The minimum Gasteiger partial charge on any atom is -0.462 e. The lowest BCUT2D eigenvalue weighted by atomic mass is 10.0. The fraction of sp³-hybridized carbons (Fsp3) is 0.900. The number of hydrogen-bond donors (Lipinski definition) is 0. The molecule has 0 saturated heterocycles. The molecule has 0 aromatic heterocycles. The molecule has 0 aromatic carbocycles. The van der Waals surface area contributed by atoms with Crippen LogP contribution in [0.15, 0.2) is 24.3 Å². The van der Waals surface area contributed by atoms with Gasteiger partial charge in [-0.1, -0.05) is 340 Å². The Morgan fingerprint density at radius 2 is 0.474 bits per heavy atom. The Hall–Kier alpha value is -2.11. The Morgan fingerprint density at radius 3 is 0.737 bits per heavy atom. The van der Waals surface area contributed by atoms with Crippen molar-refractivity contribution in [3.63, 3.8) is 0 Å². The van der Waals surface area contributed by atoms with Crippen LogP contribution in [0.3, 0.4) is 0 Å². The molecule has 0 aromatic rings. The Labute approximate surface area is 474 Å². The van der Waals surface area contributed by atoms with Gasteiger partial charge in [0.15, 0.2) is 6.10 Å². The number of ether oxygens (including phenoxy) is 3. The molecule has 0 spiro atoms. The van der Waals surface area contributed by atoms with Crippen LogP contribution in [-0.4, -0.2) is 37.2 Å². The summed E-state index contributed by atoms with van der Waals surface area (Å²) in [5.41, 5.74) is 0. The lowest BCUT2D eigenvalue weighted by Crippen LogP contribution is -2.30. The molecule has 1 atom stereocenters. The Kier molecular flexibility index (Phi) is 63.6. The van der Waals surface area contributed by atoms with Gasteiger partial charge in [0.1, 0.15) is 13.2 Å². The summed E-state index contributed by atoms with van der Waals surface area (Å²) in [5.74, 6) is -0.851. The van der Waals surface area contributed by atoms with Gasteiger partial charge in [-0.05, 0) is 51.4 Å². The van der Waals surface area contributed by atoms with Crippen molar-refractivity contribution in [1.29, 1.82) is 0 Å². The fourth-order valence-corrected chi connectivity index (χ4v) is 10.5. The summed E-state index contributed by atoms with van der Waals surface area (Å²) in [7, 11) is 0. The third kappa shape index (κ3) is 62.7. The minimum absolute atomic E-state index is 0.0692. The van der Waals surface area contributed by atoms with E-state index in [-0.39, 0.29) is 31.1 Å². The molecule has 0 rings (SSSR count). The Bertz CT molecular complexity index is 1230. The highest BCUT2D eigenvalue weighted by Gasteiger charge is 2.19. The molecule has 0 aliphatic heterocycles. The van der Waals surface area contributed by atoms with Crippen LogP contribution in [0, 0.1) is 0 Å². The first-order valence-electron chi connectivity index (χ1n) is 34.3. The summed E-state index contributed by atoms with van der Waals surface area (Å²) in [6.07, 6.45) is 79.1. The molecule has 0 saturated carbocycles. The van der Waals surface area contributed by atoms with Gasteiger partial charge in [0.2, 0.25) is 0 Å². The van der Waals surface area contributed by atoms with Crippen molar-refractivity contribution in [1.82, 2.24) is 0 Å². The molecule has 448 valence electrons. The van der Waals surface area contributed by atoms with Crippen LogP contribution in [-0.2, 0) is 28.6 Å². The molecule has 0 heterocycles. The van der Waals surface area contributed by atoms with E-state index in [9.17, 15) is 14.4 Å². The Morgan fingerprint density at radius 1 is 0.263 bits per heavy atom. The number of rotatable bonds is 64. The van der Waals surface area contributed by atoms with Crippen LogP contribution >= 0.6 is 0 Å². The first kappa shape index (κ1) is 73.9. The van der Waals surface area contributed by atoms with Crippen LogP contribution in [0.4, 0.5) is 0 Å². The van der Waals surface area contributed by atoms with Crippen molar-refractivity contribution in [2.24, 2.45) is 0 Å². The topological polar surface area (TPSA) is 78.9 Å². The van der Waals surface area contributed by atoms with Gasteiger partial charge in [0.05, 0.1) is 0 Å². The van der Waals surface area contributed by atoms with Crippen molar-refractivity contribution >= 4 is 17.9 Å². The summed E-state index contributed by atoms with van der Waals surface area (Å²) in [5, 5.41) is 0. The average Bonchev–Trinajstić information content (AvgIpc) is 3.42. The highest BCUT2D eigenvalue weighted by Crippen LogP contribution is 2.19. The van der Waals surface area contributed by atoms with E-state index in [4.69, 9.17) is 14.2 Å². The highest BCUT2D eigenvalue weighted by molar-refractivity contribution is 5.71. The second-order valence-electron chi connectivity index (χ2n) is 23.5. The number of carbonyl (C=O) groups excluding carboxylic acids is 3. The maximum absolute atomic E-state index is 12.9. The van der Waals surface area contributed by atoms with E-state index in [0.29, 0.717) is 19.3 Å². The minimum atomic E-state index is -0.774. The molecule has 6 nitrogen and oxygen atoms in total. The number of allylic oxidation sites excluding steroid dienone is 4. The number of unbranched alkanes of at least 4 members (excludes halogenated alkanes) is 49. The van der Waals surface area contributed by atoms with Crippen LogP contribution < -0.4 is 0 Å². The van der Waals surface area contributed by atoms with E-state index in [1.807, 2.05) is 0 Å². The summed E-state index contributed by atoms with van der Waals surface area (Å²) in [6, 6.07) is 0. The molecule has 0 aliphatic carbocycles. The standard InChI is InChI=1S/C70H132O6/c1-4-7-10-13-16-19-22-25-28-31-33-35-36-38-39-42-45-48-51-54-57-60-63-69(72)75-66-67(65-74-68(71)62-59-56-53-50-47-44-41-30-27-24-21-18-15-12-9-6-3)76-70(73)64-61-58-55-52-49-46-43-40-37-34-32-29-26-23-20-17-14-11-8-5-2/h21,24,30,41,67H,4-20,22-23,25-29,31-40,42-66H2,1-3H3/b24-21-,41-30-. The maximum Gasteiger partial charge on any atom is 0.306 e. The third-order valence-corrected chi connectivity index (χ3v) is 15.7. The van der Waals surface area contributed by atoms with Gasteiger partial charge in [0, 0.05) is 19.3 Å². The van der Waals surface area contributed by atoms with Crippen molar-refractivity contribution in [2.75, 3.05) is 13.2 Å². The normalized spacial score (nSPS) is 12.1. The van der Waals surface area contributed by atoms with Gasteiger partial charge >= 0.3 is 17.9 Å². The molecule has 6 heteroatoms. The van der Waals surface area contributed by atoms with E-state index < -0.39 is 6.10 Å². The second-order valence-corrected chi connectivity index (χ2v) is 23.5. The quantitative estimate of drug-likeness (QED) is 0.0261. The summed E-state index contributed by atoms with van der Waals surface area (Å²) >= 11 is 0. The average molecular weight is 1070 g/mol. The monoisotopic (exact) mass is 1070 g/mol. The van der Waals surface area contributed by atoms with E-state index in [2.05, 4.69) is 45.1 Å². The second kappa shape index (κ2) is 65.4. The molecule has 0 bridgehead atoms. The van der Waals surface area contributed by atoms with Crippen molar-refractivity contribution in [2.45, 2.75) is 393 Å². The first-order chi connectivity index (χ1) is 37.5. The predicted molar refractivity (Wildman–Crippen MR) is 330 cm³/mol. The van der Waals surface area contributed by atoms with Crippen LogP contribution in [0.1, 0.15) is 387 Å². The van der Waals surface area contributed by atoms with Gasteiger partial charge in [-0.15, -0.1) is 0 Å². The number of esters is 3. The SMILES string of the molecule is CCCCCC/C=C\C/C=C\CCCCCCCC(=O)OCC(COC(=O)CCCCCCCCCCCCCCCCCCCCCCCC)OC(=O)CCCCCCCCCCCCCCCCCCCCCC. The zero-order chi connectivity index (χ0) is 55.0. The zero-order valence-electron chi connectivity index (χ0n) is 51.6. The highest BCUT2D eigenvalue weighted by atomic mass is 16.6. The summed E-state index contributed by atoms with van der Waals surface area (Å²) < 4.78 is 17.0. The Balaban J connectivity index is 4.29. The molecular weight excluding hydrogens is 937 g/mol. The number of carbonyl (C=O) groups is 3. The lowest BCUT2D eigenvalue weighted by Gasteiger charge is -2.18. The molecule has 0 fully saturated rings. The van der Waals surface area contributed by atoms with Gasteiger partial charge < -0.3 is 14.2 Å². The number of hydrogen-bond acceptors (Lipinski definition) is 6. The maximum atomic E-state index is 12.9. The van der Waals surface area contributed by atoms with Gasteiger partial charge in [-0.3, -0.25) is 14.4 Å². The summed E-state index contributed by atoms with van der Waals surface area (Å²) in [6.45, 7) is 6.70. The molecule has 0 N–H and O–H groups in total. The molecular formula is C70H132O6. The van der Waals surface area contributed by atoms with Gasteiger partial charge in [-0.2, -0.15) is 0 Å². The zero-order valence-corrected chi connectivity index (χ0v) is 51.6. The summed E-state index contributed by atoms with van der Waals surface area (Å²) in [4.78, 5) is 38.4. The van der Waals surface area contributed by atoms with Crippen LogP contribution in [0.5, 0.6) is 0 Å². The largest absolute Gasteiger partial charge is 0.462 e. The molecule has 0 aliphatic rings. The lowest BCUT2D eigenvalue weighted by molar-refractivity contribution is -0.167. The van der Waals surface area contributed by atoms with Crippen molar-refractivity contribution in [3.05, 3.63) is 24.3 Å². The van der Waals surface area contributed by atoms with Crippen molar-refractivity contribution < 1.29 is 28.6 Å². The smallest absolute Gasteiger partial charge is 0.306 e. The van der Waals surface area contributed by atoms with Crippen LogP contribution in [0.25, 0.3) is 0 Å². The van der Waals surface area contributed by atoms with E-state index >= 15 is 0 Å². The molecule has 1 unspecified atom stereocenters. The predicted octanol–water partition coefficient (Wildman–Crippen LogP) is 23.4. The molecule has 0 amide bonds. The van der Waals surface area contributed by atoms with E-state index in [1.54, 1.807) is 0 Å². The van der Waals surface area contributed by atoms with Crippen LogP contribution in [0.2, 0.25) is 0 Å². The first-order valence-corrected chi connectivity index (χ1v) is 34.3. The van der Waals surface area contributed by atoms with E-state index in [0.717, 1.165) is 77.0 Å². The van der Waals surface area contributed by atoms with Gasteiger partial charge in [0.25, 0.3) is 0 Å². The molecule has 76 heavy (non-hydrogen) atoms. The van der Waals surface area contributed by atoms with Crippen molar-refractivity contribution in [3.8, 4) is 0 Å². The van der Waals surface area contributed by atoms with Gasteiger partial charge in [-0.25, -0.2) is 0 Å².